The van der Waals surface area contributed by atoms with E-state index in [1.165, 1.54) is 29.9 Å². The van der Waals surface area contributed by atoms with Crippen molar-refractivity contribution in [3.05, 3.63) is 126 Å². The van der Waals surface area contributed by atoms with Gasteiger partial charge in [0.25, 0.3) is 5.56 Å². The van der Waals surface area contributed by atoms with Crippen molar-refractivity contribution in [2.45, 2.75) is 26.8 Å². The first-order chi connectivity index (χ1) is 22.7. The van der Waals surface area contributed by atoms with E-state index in [2.05, 4.69) is 4.99 Å². The highest BCUT2D eigenvalue weighted by Crippen LogP contribution is 2.36. The van der Waals surface area contributed by atoms with Crippen LogP contribution in [-0.2, 0) is 14.3 Å². The van der Waals surface area contributed by atoms with Crippen LogP contribution in [0.5, 0.6) is 11.5 Å². The molecule has 5 aromatic rings. The number of hydrogen-bond acceptors (Lipinski definition) is 9. The molecule has 1 atom stereocenters. The highest BCUT2D eigenvalue weighted by atomic mass is 35.5. The number of nitrogens with zero attached hydrogens (tertiary/aromatic N) is 4. The summed E-state index contributed by atoms with van der Waals surface area (Å²) in [6.07, 6.45) is 3.65. The second kappa shape index (κ2) is 13.2. The number of methoxy groups -OCH3 is 1. The molecule has 6 rings (SSSR count). The SMILES string of the molecule is CCOC(=O)C1=C(C)N=c2s/c(=C/c3cn(-c4ccccc4)nc3-c3ccc(Cl)cc3)c(=O)n2[C@@H]1c1ccc(OC(C)=O)c(OC)c1. The van der Waals surface area contributed by atoms with Gasteiger partial charge in [-0.05, 0) is 61.9 Å². The van der Waals surface area contributed by atoms with Crippen LogP contribution in [0.25, 0.3) is 23.0 Å². The zero-order valence-electron chi connectivity index (χ0n) is 25.9. The molecule has 47 heavy (non-hydrogen) atoms. The number of hydrogen-bond donors (Lipinski definition) is 0. The van der Waals surface area contributed by atoms with E-state index in [1.54, 1.807) is 54.9 Å². The Labute approximate surface area is 278 Å². The lowest BCUT2D eigenvalue weighted by molar-refractivity contribution is -0.139. The van der Waals surface area contributed by atoms with E-state index in [-0.39, 0.29) is 29.2 Å². The maximum absolute atomic E-state index is 14.3. The van der Waals surface area contributed by atoms with Crippen LogP contribution in [-0.4, -0.2) is 40.0 Å². The van der Waals surface area contributed by atoms with Crippen LogP contribution in [0.2, 0.25) is 5.02 Å². The van der Waals surface area contributed by atoms with Crippen molar-refractivity contribution < 1.29 is 23.8 Å². The molecule has 0 fully saturated rings. The van der Waals surface area contributed by atoms with E-state index < -0.39 is 18.0 Å². The minimum absolute atomic E-state index is 0.139. The second-order valence-electron chi connectivity index (χ2n) is 10.5. The van der Waals surface area contributed by atoms with Gasteiger partial charge in [0.1, 0.15) is 5.69 Å². The molecule has 0 saturated carbocycles. The van der Waals surface area contributed by atoms with Gasteiger partial charge in [-0.3, -0.25) is 14.2 Å². The molecule has 1 aliphatic rings. The molecule has 0 saturated heterocycles. The lowest BCUT2D eigenvalue weighted by Gasteiger charge is -2.25. The number of rotatable bonds is 8. The van der Waals surface area contributed by atoms with Gasteiger partial charge < -0.3 is 14.2 Å². The third kappa shape index (κ3) is 6.27. The molecule has 12 heteroatoms. The van der Waals surface area contributed by atoms with Crippen LogP contribution in [0.15, 0.2) is 100 Å². The number of carbonyl (C=O) groups excluding carboxylic acids is 2. The van der Waals surface area contributed by atoms with Crippen molar-refractivity contribution in [3.63, 3.8) is 0 Å². The highest BCUT2D eigenvalue weighted by molar-refractivity contribution is 7.07. The number of ether oxygens (including phenoxy) is 3. The molecule has 3 aromatic carbocycles. The van der Waals surface area contributed by atoms with Crippen molar-refractivity contribution in [1.29, 1.82) is 0 Å². The minimum Gasteiger partial charge on any atom is -0.493 e. The van der Waals surface area contributed by atoms with Crippen LogP contribution >= 0.6 is 22.9 Å². The first kappa shape index (κ1) is 31.7. The number of esters is 2. The van der Waals surface area contributed by atoms with Gasteiger partial charge in [-0.2, -0.15) is 5.10 Å². The van der Waals surface area contributed by atoms with E-state index in [1.807, 2.05) is 48.7 Å². The number of carbonyl (C=O) groups is 2. The van der Waals surface area contributed by atoms with Gasteiger partial charge in [-0.1, -0.05) is 59.3 Å². The Kier molecular flexibility index (Phi) is 8.93. The largest absolute Gasteiger partial charge is 0.493 e. The number of thiazole rings is 1. The Morgan fingerprint density at radius 2 is 1.79 bits per heavy atom. The van der Waals surface area contributed by atoms with Crippen molar-refractivity contribution in [2.24, 2.45) is 4.99 Å². The van der Waals surface area contributed by atoms with Crippen LogP contribution in [0, 0.1) is 0 Å². The molecule has 2 aromatic heterocycles. The van der Waals surface area contributed by atoms with Crippen molar-refractivity contribution in [2.75, 3.05) is 13.7 Å². The molecule has 0 aliphatic carbocycles. The zero-order chi connectivity index (χ0) is 33.2. The molecule has 0 radical (unpaired) electrons. The molecule has 0 unspecified atom stereocenters. The van der Waals surface area contributed by atoms with E-state index >= 15 is 0 Å². The molecule has 10 nitrogen and oxygen atoms in total. The van der Waals surface area contributed by atoms with Gasteiger partial charge in [0.05, 0.1) is 41.2 Å². The lowest BCUT2D eigenvalue weighted by atomic mass is 9.95. The molecule has 3 heterocycles. The summed E-state index contributed by atoms with van der Waals surface area (Å²) in [5.41, 5.74) is 3.85. The molecule has 0 N–H and O–H groups in total. The first-order valence-electron chi connectivity index (χ1n) is 14.7. The topological polar surface area (TPSA) is 114 Å². The zero-order valence-corrected chi connectivity index (χ0v) is 27.5. The maximum atomic E-state index is 14.3. The third-order valence-corrected chi connectivity index (χ3v) is 8.68. The molecule has 1 aliphatic heterocycles. The molecule has 0 spiro atoms. The van der Waals surface area contributed by atoms with E-state index in [9.17, 15) is 14.4 Å². The summed E-state index contributed by atoms with van der Waals surface area (Å²) in [5.74, 6) is -0.635. The average Bonchev–Trinajstić information content (AvgIpc) is 3.61. The number of fused-ring (bicyclic) bond motifs is 1. The van der Waals surface area contributed by atoms with Gasteiger partial charge in [-0.15, -0.1) is 0 Å². The summed E-state index contributed by atoms with van der Waals surface area (Å²) in [6, 6.07) is 21.0. The number of benzene rings is 3. The summed E-state index contributed by atoms with van der Waals surface area (Å²) in [6.45, 7) is 4.85. The number of halogens is 1. The number of para-hydroxylation sites is 1. The third-order valence-electron chi connectivity index (χ3n) is 7.44. The lowest BCUT2D eigenvalue weighted by Crippen LogP contribution is -2.40. The van der Waals surface area contributed by atoms with Crippen LogP contribution in [0.1, 0.15) is 37.9 Å². The summed E-state index contributed by atoms with van der Waals surface area (Å²) in [7, 11) is 1.44. The Hall–Kier alpha value is -5.26. The van der Waals surface area contributed by atoms with Gasteiger partial charge in [0.2, 0.25) is 0 Å². The highest BCUT2D eigenvalue weighted by Gasteiger charge is 2.34. The summed E-state index contributed by atoms with van der Waals surface area (Å²) >= 11 is 7.38. The summed E-state index contributed by atoms with van der Waals surface area (Å²) in [4.78, 5) is 44.5. The molecule has 238 valence electrons. The Bertz CT molecular complexity index is 2220. The minimum atomic E-state index is -0.893. The fourth-order valence-corrected chi connectivity index (χ4v) is 6.54. The fourth-order valence-electron chi connectivity index (χ4n) is 5.38. The molecular formula is C35H29ClN4O6S. The van der Waals surface area contributed by atoms with Gasteiger partial charge in [0.15, 0.2) is 16.3 Å². The fraction of sp³-hybridized carbons (Fsp3) is 0.171. The maximum Gasteiger partial charge on any atom is 0.338 e. The second-order valence-corrected chi connectivity index (χ2v) is 12.0. The van der Waals surface area contributed by atoms with E-state index in [0.29, 0.717) is 36.9 Å². The summed E-state index contributed by atoms with van der Waals surface area (Å²) in [5, 5.41) is 5.46. The van der Waals surface area contributed by atoms with E-state index in [0.717, 1.165) is 11.3 Å². The van der Waals surface area contributed by atoms with Crippen molar-refractivity contribution in [3.8, 4) is 28.4 Å². The number of allylic oxidation sites excluding steroid dienone is 1. The standard InChI is InChI=1S/C35H29ClN4O6S/c1-5-45-34(43)30-20(2)37-35-40(32(30)23-13-16-27(46-21(3)41)28(17-23)44-4)33(42)29(47-35)18-24-19-39(26-9-7-6-8-10-26)38-31(24)22-11-14-25(36)15-12-22/h6-19,32H,5H2,1-4H3/b29-18+/t32-/m1/s1. The number of aromatic nitrogens is 3. The Morgan fingerprint density at radius 1 is 1.04 bits per heavy atom. The average molecular weight is 669 g/mol. The van der Waals surface area contributed by atoms with Crippen LogP contribution in [0.4, 0.5) is 0 Å². The predicted molar refractivity (Wildman–Crippen MR) is 179 cm³/mol. The summed E-state index contributed by atoms with van der Waals surface area (Å²) < 4.78 is 19.8. The smallest absolute Gasteiger partial charge is 0.338 e. The Morgan fingerprint density at radius 3 is 2.47 bits per heavy atom. The molecule has 0 bridgehead atoms. The van der Waals surface area contributed by atoms with Gasteiger partial charge >= 0.3 is 11.9 Å². The Balaban J connectivity index is 1.56. The van der Waals surface area contributed by atoms with Crippen LogP contribution in [0.3, 0.4) is 0 Å². The quantitative estimate of drug-likeness (QED) is 0.164. The van der Waals surface area contributed by atoms with E-state index in [4.69, 9.17) is 30.9 Å². The van der Waals surface area contributed by atoms with Gasteiger partial charge in [0, 0.05) is 29.3 Å². The van der Waals surface area contributed by atoms with Gasteiger partial charge in [-0.25, -0.2) is 14.5 Å². The normalized spacial score (nSPS) is 14.4. The molecule has 0 amide bonds. The van der Waals surface area contributed by atoms with Crippen molar-refractivity contribution >= 4 is 41.0 Å². The molecular weight excluding hydrogens is 640 g/mol. The first-order valence-corrected chi connectivity index (χ1v) is 15.8. The van der Waals surface area contributed by atoms with Crippen LogP contribution < -0.4 is 24.4 Å². The monoisotopic (exact) mass is 668 g/mol. The predicted octanol–water partition coefficient (Wildman–Crippen LogP) is 5.24. The van der Waals surface area contributed by atoms with Crippen molar-refractivity contribution in [1.82, 2.24) is 14.3 Å².